The summed E-state index contributed by atoms with van der Waals surface area (Å²) in [5.74, 6) is -0.668. The van der Waals surface area contributed by atoms with Crippen molar-refractivity contribution in [1.82, 2.24) is 25.1 Å². The molecule has 0 saturated carbocycles. The highest BCUT2D eigenvalue weighted by molar-refractivity contribution is 6.31. The van der Waals surface area contributed by atoms with E-state index < -0.39 is 37.3 Å². The van der Waals surface area contributed by atoms with E-state index >= 15 is 0 Å². The molecule has 38 heavy (non-hydrogen) atoms. The maximum atomic E-state index is 14.4. The first kappa shape index (κ1) is 26.0. The number of rotatable bonds is 10. The van der Waals surface area contributed by atoms with Crippen LogP contribution in [-0.2, 0) is 23.2 Å². The number of carbonyl (C=O) groups is 1. The van der Waals surface area contributed by atoms with Crippen LogP contribution in [0.1, 0.15) is 31.1 Å². The number of aromatic nitrogens is 4. The molecule has 4 rings (SSSR count). The number of aliphatic hydroxyl groups excluding tert-OH is 1. The highest BCUT2D eigenvalue weighted by Crippen LogP contribution is 2.34. The number of para-hydroxylation sites is 1. The number of fused-ring (bicyclic) bond motifs is 1. The van der Waals surface area contributed by atoms with Crippen molar-refractivity contribution in [1.29, 1.82) is 0 Å². The third kappa shape index (κ3) is 6.07. The molecule has 4 aromatic rings. The Kier molecular flexibility index (Phi) is 8.06. The van der Waals surface area contributed by atoms with E-state index in [4.69, 9.17) is 17.7 Å². The molecule has 1 unspecified atom stereocenters. The van der Waals surface area contributed by atoms with E-state index in [2.05, 4.69) is 25.1 Å². The number of ether oxygens (including phenoxy) is 2. The Morgan fingerprint density at radius 3 is 2.82 bits per heavy atom. The Balaban J connectivity index is 1.71. The number of pyridine rings is 1. The zero-order valence-corrected chi connectivity index (χ0v) is 21.6. The van der Waals surface area contributed by atoms with Gasteiger partial charge in [0.2, 0.25) is 5.91 Å². The summed E-state index contributed by atoms with van der Waals surface area (Å²) in [5, 5.41) is 17.1. The van der Waals surface area contributed by atoms with Crippen molar-refractivity contribution in [3.63, 3.8) is 0 Å². The maximum absolute atomic E-state index is 14.4. The number of nitrogens with one attached hydrogen (secondary N) is 1. The predicted molar refractivity (Wildman–Crippen MR) is 137 cm³/mol. The minimum Gasteiger partial charge on any atom is -0.487 e. The smallest absolute Gasteiger partial charge is 0.246 e. The number of hydrogen-bond donors (Lipinski definition) is 2. The van der Waals surface area contributed by atoms with Crippen LogP contribution in [0, 0.1) is 12.7 Å². The molecule has 0 spiro atoms. The quantitative estimate of drug-likeness (QED) is 0.307. The fourth-order valence-corrected chi connectivity index (χ4v) is 4.21. The van der Waals surface area contributed by atoms with Gasteiger partial charge in [0.1, 0.15) is 36.6 Å². The Morgan fingerprint density at radius 1 is 1.34 bits per heavy atom. The van der Waals surface area contributed by atoms with Crippen LogP contribution >= 0.6 is 11.6 Å². The molecule has 0 radical (unpaired) electrons. The van der Waals surface area contributed by atoms with Crippen LogP contribution in [0.5, 0.6) is 5.75 Å². The number of carbonyl (C=O) groups excluding carboxylic acids is 1. The van der Waals surface area contributed by atoms with Crippen LogP contribution in [0.15, 0.2) is 42.7 Å². The van der Waals surface area contributed by atoms with E-state index in [0.717, 1.165) is 30.0 Å². The van der Waals surface area contributed by atoms with Crippen molar-refractivity contribution >= 4 is 28.4 Å². The molecule has 12 heteroatoms. The van der Waals surface area contributed by atoms with E-state index in [1.807, 2.05) is 19.1 Å². The van der Waals surface area contributed by atoms with E-state index in [1.54, 1.807) is 23.9 Å². The van der Waals surface area contributed by atoms with Crippen molar-refractivity contribution in [2.45, 2.75) is 32.8 Å². The zero-order valence-electron chi connectivity index (χ0n) is 21.8. The normalized spacial score (nSPS) is 14.1. The first-order valence-corrected chi connectivity index (χ1v) is 11.9. The summed E-state index contributed by atoms with van der Waals surface area (Å²) >= 11 is 6.35. The van der Waals surface area contributed by atoms with Crippen molar-refractivity contribution in [2.75, 3.05) is 13.2 Å². The van der Waals surface area contributed by atoms with Gasteiger partial charge in [-0.15, -0.1) is 0 Å². The van der Waals surface area contributed by atoms with Crippen molar-refractivity contribution in [2.24, 2.45) is 7.05 Å². The molecular weight excluding hydrogens is 520 g/mol. The Hall–Kier alpha value is -3.67. The van der Waals surface area contributed by atoms with Gasteiger partial charge in [0.05, 0.1) is 19.0 Å². The molecule has 0 bridgehead atoms. The largest absolute Gasteiger partial charge is 0.487 e. The molecule has 1 amide bonds. The van der Waals surface area contributed by atoms with Crippen molar-refractivity contribution < 1.29 is 29.5 Å². The lowest BCUT2D eigenvalue weighted by Crippen LogP contribution is -2.35. The van der Waals surface area contributed by atoms with Gasteiger partial charge in [-0.1, -0.05) is 23.7 Å². The van der Waals surface area contributed by atoms with Gasteiger partial charge in [0.15, 0.2) is 12.2 Å². The van der Waals surface area contributed by atoms with Gasteiger partial charge in [-0.25, -0.2) is 23.4 Å². The molecule has 2 aromatic heterocycles. The average Bonchev–Trinajstić information content (AvgIpc) is 3.31. The van der Waals surface area contributed by atoms with Crippen molar-refractivity contribution in [3.8, 4) is 17.1 Å². The Labute approximate surface area is 223 Å². The van der Waals surface area contributed by atoms with Crippen LogP contribution in [0.4, 0.5) is 8.78 Å². The van der Waals surface area contributed by atoms with Crippen molar-refractivity contribution in [3.05, 3.63) is 70.4 Å². The number of aliphatic hydroxyl groups is 1. The summed E-state index contributed by atoms with van der Waals surface area (Å²) in [7, 11) is 1.78. The van der Waals surface area contributed by atoms with E-state index in [1.165, 1.54) is 6.33 Å². The van der Waals surface area contributed by atoms with Gasteiger partial charge in [0, 0.05) is 29.3 Å². The number of alkyl halides is 1. The van der Waals surface area contributed by atoms with Crippen LogP contribution in [0.3, 0.4) is 0 Å². The SMILES string of the molecule is [2H][C@@](CO)(NC(=O)COC(C)F)c1cc(F)cc(Cl)c1COc1cccc2c(-c3ncnn3C)cc(C)nc12. The summed E-state index contributed by atoms with van der Waals surface area (Å²) in [6.45, 7) is 1.03. The standard InChI is InChI=1S/C26H26ClF2N5O4/c1-14-7-19(26-30-13-31-34(26)3)17-5-4-6-23(25(17)32-14)38-11-20-18(8-16(29)9-21(20)27)22(10-35)33-24(36)12-37-15(2)28/h4-9,13,15,22,35H,10-12H2,1-3H3,(H,33,36)/t15?,22-/m0/s1/i22D. The number of aryl methyl sites for hydroxylation is 2. The minimum atomic E-state index is -2.23. The average molecular weight is 547 g/mol. The first-order chi connectivity index (χ1) is 18.5. The molecule has 0 aliphatic carbocycles. The molecule has 2 aromatic carbocycles. The lowest BCUT2D eigenvalue weighted by Gasteiger charge is -2.22. The monoisotopic (exact) mass is 546 g/mol. The lowest BCUT2D eigenvalue weighted by atomic mass is 10.0. The number of hydrogen-bond acceptors (Lipinski definition) is 7. The van der Waals surface area contributed by atoms with E-state index in [0.29, 0.717) is 22.8 Å². The highest BCUT2D eigenvalue weighted by Gasteiger charge is 2.22. The minimum absolute atomic E-state index is 0.0814. The number of benzene rings is 2. The van der Waals surface area contributed by atoms with E-state index in [9.17, 15) is 18.7 Å². The Bertz CT molecular complexity index is 1520. The fraction of sp³-hybridized carbons (Fsp3) is 0.308. The topological polar surface area (TPSA) is 111 Å². The van der Waals surface area contributed by atoms with Gasteiger partial charge in [-0.3, -0.25) is 4.79 Å². The summed E-state index contributed by atoms with van der Waals surface area (Å²) in [6, 6.07) is 7.01. The van der Waals surface area contributed by atoms with Gasteiger partial charge in [-0.2, -0.15) is 5.10 Å². The molecule has 200 valence electrons. The van der Waals surface area contributed by atoms with E-state index in [-0.39, 0.29) is 22.8 Å². The van der Waals surface area contributed by atoms with Gasteiger partial charge < -0.3 is 19.9 Å². The molecule has 9 nitrogen and oxygen atoms in total. The fourth-order valence-electron chi connectivity index (χ4n) is 3.95. The number of halogens is 3. The summed E-state index contributed by atoms with van der Waals surface area (Å²) in [4.78, 5) is 21.2. The van der Waals surface area contributed by atoms with Gasteiger partial charge in [0.25, 0.3) is 0 Å². The zero-order chi connectivity index (χ0) is 28.3. The molecule has 2 atom stereocenters. The summed E-state index contributed by atoms with van der Waals surface area (Å²) in [6.07, 6.45) is -0.267. The van der Waals surface area contributed by atoms with Crippen LogP contribution in [0.25, 0.3) is 22.3 Å². The molecular formula is C26H26ClF2N5O4. The number of amides is 1. The first-order valence-electron chi connectivity index (χ1n) is 12.1. The predicted octanol–water partition coefficient (Wildman–Crippen LogP) is 4.19. The maximum Gasteiger partial charge on any atom is 0.246 e. The van der Waals surface area contributed by atoms with Crippen LogP contribution < -0.4 is 10.1 Å². The molecule has 0 saturated heterocycles. The third-order valence-corrected chi connectivity index (χ3v) is 5.97. The van der Waals surface area contributed by atoms with Crippen LogP contribution in [-0.4, -0.2) is 50.3 Å². The Morgan fingerprint density at radius 2 is 2.13 bits per heavy atom. The third-order valence-electron chi connectivity index (χ3n) is 5.63. The second kappa shape index (κ2) is 11.8. The van der Waals surface area contributed by atoms with Crippen LogP contribution in [0.2, 0.25) is 5.02 Å². The van der Waals surface area contributed by atoms with Gasteiger partial charge in [-0.05, 0) is 43.7 Å². The van der Waals surface area contributed by atoms with Gasteiger partial charge >= 0.3 is 0 Å². The summed E-state index contributed by atoms with van der Waals surface area (Å²) < 4.78 is 48.4. The molecule has 2 heterocycles. The number of nitrogens with zero attached hydrogens (tertiary/aromatic N) is 4. The molecule has 0 aliphatic rings. The second-order valence-electron chi connectivity index (χ2n) is 8.41. The molecule has 0 aliphatic heterocycles. The second-order valence-corrected chi connectivity index (χ2v) is 8.82. The molecule has 0 fully saturated rings. The lowest BCUT2D eigenvalue weighted by molar-refractivity contribution is -0.132. The highest BCUT2D eigenvalue weighted by atomic mass is 35.5. The molecule has 2 N–H and O–H groups in total. The summed E-state index contributed by atoms with van der Waals surface area (Å²) in [5.41, 5.74) is 2.04.